The molecule has 1 unspecified atom stereocenters. The summed E-state index contributed by atoms with van der Waals surface area (Å²) < 4.78 is 5.44. The third-order valence-corrected chi connectivity index (χ3v) is 3.26. The van der Waals surface area contributed by atoms with E-state index >= 15 is 0 Å². The largest absolute Gasteiger partial charge is 0.478 e. The summed E-state index contributed by atoms with van der Waals surface area (Å²) in [6.07, 6.45) is 1.12. The van der Waals surface area contributed by atoms with E-state index in [4.69, 9.17) is 17.0 Å². The van der Waals surface area contributed by atoms with Gasteiger partial charge in [-0.1, -0.05) is 30.3 Å². The molecule has 0 bridgehead atoms. The standard InChI is InChI=1S/C13H15NO3S/c15-12(16)11(10-6-2-1-3-7-10)17-13(18)14-8-4-5-9-14/h1-3,6-7,11H,4-5,8-9H2,(H,15,16). The van der Waals surface area contributed by atoms with Gasteiger partial charge in [-0.05, 0) is 25.1 Å². The Morgan fingerprint density at radius 2 is 1.89 bits per heavy atom. The number of hydrogen-bond acceptors (Lipinski definition) is 3. The van der Waals surface area contributed by atoms with Gasteiger partial charge in [0.25, 0.3) is 5.17 Å². The Bertz CT molecular complexity index is 429. The highest BCUT2D eigenvalue weighted by molar-refractivity contribution is 7.80. The van der Waals surface area contributed by atoms with Gasteiger partial charge in [0.15, 0.2) is 0 Å². The molecule has 0 amide bonds. The molecule has 1 aliphatic heterocycles. The zero-order valence-electron chi connectivity index (χ0n) is 9.91. The highest BCUT2D eigenvalue weighted by atomic mass is 32.1. The van der Waals surface area contributed by atoms with Gasteiger partial charge in [-0.2, -0.15) is 0 Å². The molecule has 0 radical (unpaired) electrons. The van der Waals surface area contributed by atoms with Crippen LogP contribution in [0.2, 0.25) is 0 Å². The number of benzene rings is 1. The van der Waals surface area contributed by atoms with E-state index in [-0.39, 0.29) is 5.17 Å². The van der Waals surface area contributed by atoms with Crippen LogP contribution in [0.1, 0.15) is 24.5 Å². The number of carboxylic acid groups (broad SMARTS) is 1. The first-order valence-electron chi connectivity index (χ1n) is 5.92. The highest BCUT2D eigenvalue weighted by Gasteiger charge is 2.25. The number of rotatable bonds is 3. The van der Waals surface area contributed by atoms with Gasteiger partial charge in [0.05, 0.1) is 0 Å². The fourth-order valence-corrected chi connectivity index (χ4v) is 2.24. The normalized spacial score (nSPS) is 16.3. The van der Waals surface area contributed by atoms with Crippen LogP contribution < -0.4 is 0 Å². The van der Waals surface area contributed by atoms with E-state index < -0.39 is 12.1 Å². The third-order valence-electron chi connectivity index (χ3n) is 2.91. The third kappa shape index (κ3) is 2.98. The monoisotopic (exact) mass is 265 g/mol. The van der Waals surface area contributed by atoms with Crippen molar-refractivity contribution in [2.24, 2.45) is 0 Å². The van der Waals surface area contributed by atoms with Crippen molar-refractivity contribution in [3.63, 3.8) is 0 Å². The minimum atomic E-state index is -1.03. The summed E-state index contributed by atoms with van der Waals surface area (Å²) in [6.45, 7) is 1.69. The molecule has 0 aliphatic carbocycles. The lowest BCUT2D eigenvalue weighted by Gasteiger charge is -2.22. The Kier molecular flexibility index (Phi) is 4.15. The number of thiocarbonyl (C=S) groups is 1. The summed E-state index contributed by atoms with van der Waals surface area (Å²) >= 11 is 5.15. The highest BCUT2D eigenvalue weighted by Crippen LogP contribution is 2.20. The molecule has 1 atom stereocenters. The predicted octanol–water partition coefficient (Wildman–Crippen LogP) is 2.21. The lowest BCUT2D eigenvalue weighted by molar-refractivity contribution is -0.146. The fraction of sp³-hybridized carbons (Fsp3) is 0.385. The molecule has 1 N–H and O–H groups in total. The van der Waals surface area contributed by atoms with Crippen molar-refractivity contribution in [3.8, 4) is 0 Å². The van der Waals surface area contributed by atoms with Crippen LogP contribution in [0.15, 0.2) is 30.3 Å². The van der Waals surface area contributed by atoms with Crippen molar-refractivity contribution in [1.82, 2.24) is 4.90 Å². The number of carboxylic acids is 1. The lowest BCUT2D eigenvalue weighted by atomic mass is 10.1. The average Bonchev–Trinajstić information content (AvgIpc) is 2.90. The maximum atomic E-state index is 11.2. The number of ether oxygens (including phenoxy) is 1. The molecule has 2 rings (SSSR count). The molecule has 1 heterocycles. The SMILES string of the molecule is O=C(O)C(OC(=S)N1CCCC1)c1ccccc1. The fourth-order valence-electron chi connectivity index (χ4n) is 1.96. The molecule has 0 spiro atoms. The summed E-state index contributed by atoms with van der Waals surface area (Å²) in [5.41, 5.74) is 0.603. The van der Waals surface area contributed by atoms with Gasteiger partial charge in [0, 0.05) is 18.7 Å². The Balaban J connectivity index is 2.07. The molecule has 96 valence electrons. The van der Waals surface area contributed by atoms with Crippen molar-refractivity contribution < 1.29 is 14.6 Å². The van der Waals surface area contributed by atoms with E-state index in [2.05, 4.69) is 0 Å². The summed E-state index contributed by atoms with van der Waals surface area (Å²) in [6, 6.07) is 8.86. The van der Waals surface area contributed by atoms with Crippen molar-refractivity contribution in [2.75, 3.05) is 13.1 Å². The van der Waals surface area contributed by atoms with Crippen LogP contribution in [0.25, 0.3) is 0 Å². The molecular weight excluding hydrogens is 250 g/mol. The van der Waals surface area contributed by atoms with Crippen LogP contribution in [0.4, 0.5) is 0 Å². The minimum absolute atomic E-state index is 0.281. The van der Waals surface area contributed by atoms with Crippen LogP contribution in [0, 0.1) is 0 Å². The van der Waals surface area contributed by atoms with E-state index in [9.17, 15) is 9.90 Å². The first-order chi connectivity index (χ1) is 8.68. The molecule has 18 heavy (non-hydrogen) atoms. The Morgan fingerprint density at radius 1 is 1.28 bits per heavy atom. The molecule has 0 saturated carbocycles. The lowest BCUT2D eigenvalue weighted by Crippen LogP contribution is -2.31. The summed E-state index contributed by atoms with van der Waals surface area (Å²) in [5.74, 6) is -1.03. The summed E-state index contributed by atoms with van der Waals surface area (Å²) in [5, 5.41) is 9.50. The van der Waals surface area contributed by atoms with Crippen LogP contribution in [-0.2, 0) is 9.53 Å². The smallest absolute Gasteiger partial charge is 0.349 e. The Hall–Kier alpha value is -1.62. The quantitative estimate of drug-likeness (QED) is 0.849. The molecule has 1 aromatic carbocycles. The van der Waals surface area contributed by atoms with Crippen LogP contribution in [0.5, 0.6) is 0 Å². The zero-order valence-corrected chi connectivity index (χ0v) is 10.7. The number of hydrogen-bond donors (Lipinski definition) is 1. The van der Waals surface area contributed by atoms with Crippen molar-refractivity contribution in [2.45, 2.75) is 18.9 Å². The van der Waals surface area contributed by atoms with Gasteiger partial charge in [-0.25, -0.2) is 4.79 Å². The first kappa shape index (κ1) is 12.8. The number of aliphatic carboxylic acids is 1. The molecule has 4 nitrogen and oxygen atoms in total. The van der Waals surface area contributed by atoms with E-state index in [0.717, 1.165) is 25.9 Å². The van der Waals surface area contributed by atoms with Gasteiger partial charge in [-0.15, -0.1) is 0 Å². The summed E-state index contributed by atoms with van der Waals surface area (Å²) in [7, 11) is 0. The van der Waals surface area contributed by atoms with Crippen LogP contribution >= 0.6 is 12.2 Å². The van der Waals surface area contributed by atoms with Gasteiger partial charge < -0.3 is 14.7 Å². The number of likely N-dealkylation sites (tertiary alicyclic amines) is 1. The van der Waals surface area contributed by atoms with Crippen LogP contribution in [0.3, 0.4) is 0 Å². The number of carbonyl (C=O) groups is 1. The molecule has 1 fully saturated rings. The van der Waals surface area contributed by atoms with Crippen molar-refractivity contribution in [3.05, 3.63) is 35.9 Å². The molecular formula is C13H15NO3S. The van der Waals surface area contributed by atoms with E-state index in [1.807, 2.05) is 11.0 Å². The second-order valence-electron chi connectivity index (χ2n) is 4.21. The van der Waals surface area contributed by atoms with Gasteiger partial charge in [0.2, 0.25) is 6.10 Å². The summed E-state index contributed by atoms with van der Waals surface area (Å²) in [4.78, 5) is 13.2. The first-order valence-corrected chi connectivity index (χ1v) is 6.32. The van der Waals surface area contributed by atoms with E-state index in [1.165, 1.54) is 0 Å². The van der Waals surface area contributed by atoms with E-state index in [1.54, 1.807) is 24.3 Å². The second kappa shape index (κ2) is 5.82. The maximum absolute atomic E-state index is 11.2. The van der Waals surface area contributed by atoms with Gasteiger partial charge in [-0.3, -0.25) is 0 Å². The number of nitrogens with zero attached hydrogens (tertiary/aromatic N) is 1. The molecule has 1 aromatic rings. The van der Waals surface area contributed by atoms with Crippen LogP contribution in [-0.4, -0.2) is 34.2 Å². The molecule has 0 aromatic heterocycles. The van der Waals surface area contributed by atoms with Crippen molar-refractivity contribution in [1.29, 1.82) is 0 Å². The zero-order chi connectivity index (χ0) is 13.0. The molecule has 1 saturated heterocycles. The Morgan fingerprint density at radius 3 is 2.44 bits per heavy atom. The maximum Gasteiger partial charge on any atom is 0.349 e. The minimum Gasteiger partial charge on any atom is -0.478 e. The van der Waals surface area contributed by atoms with Gasteiger partial charge in [0.1, 0.15) is 0 Å². The Labute approximate surface area is 111 Å². The molecule has 5 heteroatoms. The topological polar surface area (TPSA) is 49.8 Å². The van der Waals surface area contributed by atoms with Crippen molar-refractivity contribution >= 4 is 23.4 Å². The molecule has 1 aliphatic rings. The van der Waals surface area contributed by atoms with E-state index in [0.29, 0.717) is 5.56 Å². The predicted molar refractivity (Wildman–Crippen MR) is 71.3 cm³/mol. The van der Waals surface area contributed by atoms with Gasteiger partial charge >= 0.3 is 5.97 Å². The second-order valence-corrected chi connectivity index (χ2v) is 4.56. The average molecular weight is 265 g/mol.